The van der Waals surface area contributed by atoms with E-state index in [0.29, 0.717) is 23.8 Å². The number of carboxylic acid groups (broad SMARTS) is 1. The zero-order valence-electron chi connectivity index (χ0n) is 10.4. The quantitative estimate of drug-likeness (QED) is 0.752. The zero-order valence-corrected chi connectivity index (χ0v) is 10.4. The molecular weight excluding hydrogens is 234 g/mol. The Bertz CT molecular complexity index is 472. The molecule has 3 N–H and O–H groups in total. The number of carbonyl (C=O) groups is 1. The molecule has 98 valence electrons. The standard InChI is InChI=1S/C13H17NO4/c1-8(2)6-14-13(12(16)17)7-18-11-5-9(15)3-4-10(11)13/h3-5,8,14-15H,6-7H2,1-2H3,(H,16,17). The van der Waals surface area contributed by atoms with E-state index in [2.05, 4.69) is 5.32 Å². The van der Waals surface area contributed by atoms with E-state index in [1.54, 1.807) is 6.07 Å². The molecule has 18 heavy (non-hydrogen) atoms. The van der Waals surface area contributed by atoms with E-state index in [0.717, 1.165) is 0 Å². The van der Waals surface area contributed by atoms with Gasteiger partial charge in [0.25, 0.3) is 0 Å². The minimum Gasteiger partial charge on any atom is -0.508 e. The molecule has 1 aromatic carbocycles. The van der Waals surface area contributed by atoms with Crippen molar-refractivity contribution >= 4 is 5.97 Å². The predicted octanol–water partition coefficient (Wildman–Crippen LogP) is 1.31. The van der Waals surface area contributed by atoms with E-state index in [9.17, 15) is 15.0 Å². The summed E-state index contributed by atoms with van der Waals surface area (Å²) in [7, 11) is 0. The van der Waals surface area contributed by atoms with Crippen molar-refractivity contribution in [2.75, 3.05) is 13.2 Å². The molecule has 5 heteroatoms. The van der Waals surface area contributed by atoms with Crippen molar-refractivity contribution in [1.29, 1.82) is 0 Å². The van der Waals surface area contributed by atoms with Crippen LogP contribution in [-0.2, 0) is 10.3 Å². The number of aliphatic carboxylic acids is 1. The lowest BCUT2D eigenvalue weighted by Gasteiger charge is -2.25. The van der Waals surface area contributed by atoms with Crippen molar-refractivity contribution in [3.8, 4) is 11.5 Å². The van der Waals surface area contributed by atoms with Gasteiger partial charge in [0.15, 0.2) is 5.54 Å². The number of nitrogens with one attached hydrogen (secondary N) is 1. The molecular formula is C13H17NO4. The summed E-state index contributed by atoms with van der Waals surface area (Å²) in [6, 6.07) is 4.51. The van der Waals surface area contributed by atoms with Gasteiger partial charge in [0.2, 0.25) is 0 Å². The summed E-state index contributed by atoms with van der Waals surface area (Å²) in [6.45, 7) is 4.63. The van der Waals surface area contributed by atoms with Gasteiger partial charge in [-0.25, -0.2) is 4.79 Å². The summed E-state index contributed by atoms with van der Waals surface area (Å²) >= 11 is 0. The summed E-state index contributed by atoms with van der Waals surface area (Å²) in [5, 5.41) is 21.9. The molecule has 0 spiro atoms. The summed E-state index contributed by atoms with van der Waals surface area (Å²) < 4.78 is 5.39. The fourth-order valence-electron chi connectivity index (χ4n) is 2.02. The fraction of sp³-hybridized carbons (Fsp3) is 0.462. The van der Waals surface area contributed by atoms with E-state index >= 15 is 0 Å². The average Bonchev–Trinajstić information content (AvgIpc) is 2.65. The molecule has 1 unspecified atom stereocenters. The monoisotopic (exact) mass is 251 g/mol. The maximum absolute atomic E-state index is 11.6. The summed E-state index contributed by atoms with van der Waals surface area (Å²) in [4.78, 5) is 11.6. The Morgan fingerprint density at radius 3 is 2.89 bits per heavy atom. The van der Waals surface area contributed by atoms with Crippen LogP contribution in [0.1, 0.15) is 19.4 Å². The van der Waals surface area contributed by atoms with E-state index in [1.165, 1.54) is 12.1 Å². The van der Waals surface area contributed by atoms with E-state index < -0.39 is 11.5 Å². The zero-order chi connectivity index (χ0) is 13.3. The average molecular weight is 251 g/mol. The van der Waals surface area contributed by atoms with Gasteiger partial charge >= 0.3 is 5.97 Å². The number of fused-ring (bicyclic) bond motifs is 1. The van der Waals surface area contributed by atoms with Gasteiger partial charge in [-0.1, -0.05) is 13.8 Å². The number of phenols is 1. The van der Waals surface area contributed by atoms with Crippen LogP contribution in [0.5, 0.6) is 11.5 Å². The first kappa shape index (κ1) is 12.7. The van der Waals surface area contributed by atoms with Crippen LogP contribution in [-0.4, -0.2) is 29.3 Å². The molecule has 0 aliphatic carbocycles. The highest BCUT2D eigenvalue weighted by Gasteiger charge is 2.47. The molecule has 1 aliphatic rings. The van der Waals surface area contributed by atoms with E-state index in [1.807, 2.05) is 13.8 Å². The van der Waals surface area contributed by atoms with Gasteiger partial charge in [-0.05, 0) is 24.6 Å². The first-order valence-electron chi connectivity index (χ1n) is 5.90. The second-order valence-corrected chi connectivity index (χ2v) is 4.95. The number of benzene rings is 1. The summed E-state index contributed by atoms with van der Waals surface area (Å²) in [5.74, 6) is -0.137. The minimum atomic E-state index is -1.21. The lowest BCUT2D eigenvalue weighted by Crippen LogP contribution is -2.51. The molecule has 0 saturated carbocycles. The Kier molecular flexibility index (Phi) is 3.17. The van der Waals surface area contributed by atoms with Crippen LogP contribution < -0.4 is 10.1 Å². The van der Waals surface area contributed by atoms with Gasteiger partial charge in [0.05, 0.1) is 0 Å². The SMILES string of the molecule is CC(C)CNC1(C(=O)O)COc2cc(O)ccc21. The van der Waals surface area contributed by atoms with Gasteiger partial charge in [0.1, 0.15) is 18.1 Å². The maximum atomic E-state index is 11.6. The van der Waals surface area contributed by atoms with E-state index in [4.69, 9.17) is 4.74 Å². The number of aromatic hydroxyl groups is 1. The van der Waals surface area contributed by atoms with Crippen molar-refractivity contribution in [2.45, 2.75) is 19.4 Å². The molecule has 0 saturated heterocycles. The molecule has 1 atom stereocenters. The van der Waals surface area contributed by atoms with Gasteiger partial charge in [-0.2, -0.15) is 0 Å². The number of hydrogen-bond donors (Lipinski definition) is 3. The largest absolute Gasteiger partial charge is 0.508 e. The van der Waals surface area contributed by atoms with Crippen LogP contribution in [0.2, 0.25) is 0 Å². The van der Waals surface area contributed by atoms with Crippen LogP contribution in [0.4, 0.5) is 0 Å². The molecule has 5 nitrogen and oxygen atoms in total. The van der Waals surface area contributed by atoms with Crippen molar-refractivity contribution in [2.24, 2.45) is 5.92 Å². The number of hydrogen-bond acceptors (Lipinski definition) is 4. The van der Waals surface area contributed by atoms with Crippen LogP contribution in [0.3, 0.4) is 0 Å². The second-order valence-electron chi connectivity index (χ2n) is 4.95. The Morgan fingerprint density at radius 2 is 2.28 bits per heavy atom. The van der Waals surface area contributed by atoms with Crippen LogP contribution in [0.25, 0.3) is 0 Å². The van der Waals surface area contributed by atoms with Crippen molar-refractivity contribution < 1.29 is 19.7 Å². The van der Waals surface area contributed by atoms with Crippen LogP contribution >= 0.6 is 0 Å². The lowest BCUT2D eigenvalue weighted by atomic mass is 9.91. The third kappa shape index (κ3) is 2.01. The first-order valence-corrected chi connectivity index (χ1v) is 5.90. The normalized spacial score (nSPS) is 21.7. The highest BCUT2D eigenvalue weighted by atomic mass is 16.5. The first-order chi connectivity index (χ1) is 8.45. The third-order valence-electron chi connectivity index (χ3n) is 3.05. The van der Waals surface area contributed by atoms with Crippen molar-refractivity contribution in [1.82, 2.24) is 5.32 Å². The topological polar surface area (TPSA) is 78.8 Å². The number of carboxylic acids is 1. The molecule has 0 bridgehead atoms. The summed E-state index contributed by atoms with van der Waals surface area (Å²) in [6.07, 6.45) is 0. The predicted molar refractivity (Wildman–Crippen MR) is 65.8 cm³/mol. The number of rotatable bonds is 4. The Labute approximate surface area is 105 Å². The van der Waals surface area contributed by atoms with Crippen molar-refractivity contribution in [3.63, 3.8) is 0 Å². The highest BCUT2D eigenvalue weighted by Crippen LogP contribution is 2.39. The van der Waals surface area contributed by atoms with Gasteiger partial charge < -0.3 is 14.9 Å². The second kappa shape index (κ2) is 4.49. The van der Waals surface area contributed by atoms with Gasteiger partial charge in [-0.3, -0.25) is 5.32 Å². The van der Waals surface area contributed by atoms with E-state index in [-0.39, 0.29) is 12.4 Å². The number of phenolic OH excluding ortho intramolecular Hbond substituents is 1. The highest BCUT2D eigenvalue weighted by molar-refractivity contribution is 5.83. The van der Waals surface area contributed by atoms with Crippen LogP contribution in [0, 0.1) is 5.92 Å². The van der Waals surface area contributed by atoms with Crippen molar-refractivity contribution in [3.05, 3.63) is 23.8 Å². The molecule has 0 amide bonds. The minimum absolute atomic E-state index is 0.0356. The smallest absolute Gasteiger partial charge is 0.332 e. The van der Waals surface area contributed by atoms with Crippen LogP contribution in [0.15, 0.2) is 18.2 Å². The molecule has 1 aliphatic heterocycles. The Balaban J connectivity index is 2.37. The molecule has 0 fully saturated rings. The molecule has 1 aromatic rings. The van der Waals surface area contributed by atoms with Gasteiger partial charge in [0, 0.05) is 11.6 Å². The summed E-state index contributed by atoms with van der Waals surface area (Å²) in [5.41, 5.74) is -0.652. The maximum Gasteiger partial charge on any atom is 0.332 e. The molecule has 2 rings (SSSR count). The number of ether oxygens (including phenoxy) is 1. The molecule has 1 heterocycles. The Morgan fingerprint density at radius 1 is 1.56 bits per heavy atom. The third-order valence-corrected chi connectivity index (χ3v) is 3.05. The van der Waals surface area contributed by atoms with Gasteiger partial charge in [-0.15, -0.1) is 0 Å². The fourth-order valence-corrected chi connectivity index (χ4v) is 2.02. The Hall–Kier alpha value is -1.75. The molecule has 0 radical (unpaired) electrons. The lowest BCUT2D eigenvalue weighted by molar-refractivity contribution is -0.145. The molecule has 0 aromatic heterocycles.